The van der Waals surface area contributed by atoms with Gasteiger partial charge >= 0.3 is 0 Å². The van der Waals surface area contributed by atoms with Crippen molar-refractivity contribution in [3.63, 3.8) is 0 Å². The Bertz CT molecular complexity index is 1890. The normalized spacial score (nSPS) is 18.0. The van der Waals surface area contributed by atoms with Crippen LogP contribution in [-0.4, -0.2) is 56.5 Å². The summed E-state index contributed by atoms with van der Waals surface area (Å²) in [6, 6.07) is 12.5. The average Bonchev–Trinajstić information content (AvgIpc) is 3.66. The number of hydrogen-bond acceptors (Lipinski definition) is 8. The zero-order valence-corrected chi connectivity index (χ0v) is 22.8. The van der Waals surface area contributed by atoms with Crippen LogP contribution in [-0.2, 0) is 0 Å². The molecule has 0 saturated carbocycles. The molecule has 13 heteroatoms. The highest BCUT2D eigenvalue weighted by Crippen LogP contribution is 2.38. The van der Waals surface area contributed by atoms with Crippen molar-refractivity contribution < 1.29 is 18.3 Å². The molecule has 3 aromatic heterocycles. The third kappa shape index (κ3) is 5.07. The largest absolute Gasteiger partial charge is 0.453 e. The number of carbonyl (C=O) groups is 1. The molecule has 3 N–H and O–H groups in total. The van der Waals surface area contributed by atoms with E-state index in [2.05, 4.69) is 35.8 Å². The number of nitrogens with zero attached hydrogens (tertiary/aromatic N) is 5. The van der Waals surface area contributed by atoms with Crippen molar-refractivity contribution in [1.82, 2.24) is 30.3 Å². The number of aromatic amines is 1. The molecule has 5 aromatic rings. The molecule has 2 aliphatic rings. The Labute approximate surface area is 243 Å². The third-order valence-corrected chi connectivity index (χ3v) is 7.93. The number of fused-ring (bicyclic) bond motifs is 2. The van der Waals surface area contributed by atoms with Gasteiger partial charge in [0.25, 0.3) is 11.5 Å². The standard InChI is InChI=1S/C30H26F2N8O3/c31-18-1-4-20(5-2-18)40-30(42)21(8-13-35-40)29(41)36-19-3-6-24(22(32)15-19)43-25-9-12-34-27-26(25)28(38-37-27)39-14-10-23-17(16-39)7-11-33-23/h1-6,8-9,12-13,15,17,23,33H,7,10-11,14,16H2,(H,36,41)(H,34,37,38)/t17-,23+/m1/s1. The van der Waals surface area contributed by atoms with Crippen molar-refractivity contribution in [2.75, 3.05) is 29.9 Å². The summed E-state index contributed by atoms with van der Waals surface area (Å²) >= 11 is 0. The van der Waals surface area contributed by atoms with Crippen LogP contribution in [0.3, 0.4) is 0 Å². The first-order valence-electron chi connectivity index (χ1n) is 13.9. The van der Waals surface area contributed by atoms with E-state index in [0.717, 1.165) is 49.0 Å². The van der Waals surface area contributed by atoms with Crippen LogP contribution in [0.1, 0.15) is 23.2 Å². The van der Waals surface area contributed by atoms with Crippen molar-refractivity contribution in [2.24, 2.45) is 5.92 Å². The first-order chi connectivity index (χ1) is 20.9. The van der Waals surface area contributed by atoms with Gasteiger partial charge < -0.3 is 20.3 Å². The van der Waals surface area contributed by atoms with Gasteiger partial charge in [-0.3, -0.25) is 14.7 Å². The molecule has 5 heterocycles. The second-order valence-corrected chi connectivity index (χ2v) is 10.6. The number of hydrogen-bond donors (Lipinski definition) is 3. The number of ether oxygens (including phenoxy) is 1. The number of carbonyl (C=O) groups excluding carboxylic acids is 1. The Hall–Kier alpha value is -5.17. The molecule has 2 fully saturated rings. The number of anilines is 2. The zero-order chi connectivity index (χ0) is 29.5. The van der Waals surface area contributed by atoms with Crippen LogP contribution in [0.2, 0.25) is 0 Å². The van der Waals surface area contributed by atoms with Gasteiger partial charge in [0.15, 0.2) is 23.0 Å². The van der Waals surface area contributed by atoms with Crippen LogP contribution in [0.4, 0.5) is 20.3 Å². The minimum Gasteiger partial charge on any atom is -0.453 e. The minimum atomic E-state index is -0.753. The second kappa shape index (κ2) is 10.9. The van der Waals surface area contributed by atoms with E-state index in [1.807, 2.05) is 0 Å². The number of piperidine rings is 1. The van der Waals surface area contributed by atoms with Crippen LogP contribution in [0.15, 0.2) is 71.8 Å². The van der Waals surface area contributed by atoms with Crippen molar-refractivity contribution in [2.45, 2.75) is 18.9 Å². The van der Waals surface area contributed by atoms with Gasteiger partial charge in [0.05, 0.1) is 5.69 Å². The molecule has 11 nitrogen and oxygen atoms in total. The van der Waals surface area contributed by atoms with E-state index in [4.69, 9.17) is 4.74 Å². The fourth-order valence-electron chi connectivity index (χ4n) is 5.79. The van der Waals surface area contributed by atoms with E-state index < -0.39 is 23.1 Å². The monoisotopic (exact) mass is 584 g/mol. The number of rotatable bonds is 6. The third-order valence-electron chi connectivity index (χ3n) is 7.93. The molecule has 0 radical (unpaired) electrons. The predicted molar refractivity (Wildman–Crippen MR) is 155 cm³/mol. The van der Waals surface area contributed by atoms with Crippen LogP contribution in [0, 0.1) is 17.6 Å². The van der Waals surface area contributed by atoms with E-state index in [1.165, 1.54) is 48.7 Å². The van der Waals surface area contributed by atoms with Crippen LogP contribution < -0.4 is 25.8 Å². The molecule has 0 unspecified atom stereocenters. The maximum atomic E-state index is 15.3. The van der Waals surface area contributed by atoms with E-state index >= 15 is 4.39 Å². The Morgan fingerprint density at radius 3 is 2.72 bits per heavy atom. The fraction of sp³-hybridized carbons (Fsp3) is 0.233. The van der Waals surface area contributed by atoms with E-state index in [1.54, 1.807) is 12.3 Å². The fourth-order valence-corrected chi connectivity index (χ4v) is 5.79. The molecule has 2 aliphatic heterocycles. The predicted octanol–water partition coefficient (Wildman–Crippen LogP) is 4.01. The van der Waals surface area contributed by atoms with Crippen LogP contribution in [0.25, 0.3) is 16.7 Å². The lowest BCUT2D eigenvalue weighted by Gasteiger charge is -2.35. The van der Waals surface area contributed by atoms with Gasteiger partial charge in [-0.1, -0.05) is 0 Å². The topological polar surface area (TPSA) is 130 Å². The molecular weight excluding hydrogens is 558 g/mol. The molecule has 43 heavy (non-hydrogen) atoms. The van der Waals surface area contributed by atoms with E-state index in [-0.39, 0.29) is 17.0 Å². The van der Waals surface area contributed by atoms with Crippen LogP contribution >= 0.6 is 0 Å². The zero-order valence-electron chi connectivity index (χ0n) is 22.8. The molecular formula is C30H26F2N8O3. The summed E-state index contributed by atoms with van der Waals surface area (Å²) in [4.78, 5) is 32.5. The summed E-state index contributed by atoms with van der Waals surface area (Å²) in [5.74, 6) is -0.342. The maximum absolute atomic E-state index is 15.3. The Balaban J connectivity index is 1.11. The van der Waals surface area contributed by atoms with Gasteiger partial charge in [0.2, 0.25) is 0 Å². The first kappa shape index (κ1) is 26.7. The van der Waals surface area contributed by atoms with Gasteiger partial charge in [-0.05, 0) is 67.8 Å². The smallest absolute Gasteiger partial charge is 0.284 e. The lowest BCUT2D eigenvalue weighted by atomic mass is 9.93. The quantitative estimate of drug-likeness (QED) is 0.273. The van der Waals surface area contributed by atoms with E-state index in [0.29, 0.717) is 34.4 Å². The molecule has 2 aromatic carbocycles. The minimum absolute atomic E-state index is 0.0565. The summed E-state index contributed by atoms with van der Waals surface area (Å²) in [7, 11) is 0. The molecule has 0 bridgehead atoms. The first-order valence-corrected chi connectivity index (χ1v) is 13.9. The molecule has 7 rings (SSSR count). The lowest BCUT2D eigenvalue weighted by molar-refractivity contribution is 0.102. The summed E-state index contributed by atoms with van der Waals surface area (Å²) in [6.07, 6.45) is 4.97. The van der Waals surface area contributed by atoms with Crippen molar-refractivity contribution >= 4 is 28.4 Å². The second-order valence-electron chi connectivity index (χ2n) is 10.6. The van der Waals surface area contributed by atoms with Crippen molar-refractivity contribution in [1.29, 1.82) is 0 Å². The summed E-state index contributed by atoms with van der Waals surface area (Å²) < 4.78 is 35.6. The van der Waals surface area contributed by atoms with Gasteiger partial charge in [0, 0.05) is 49.3 Å². The van der Waals surface area contributed by atoms with Gasteiger partial charge in [0.1, 0.15) is 22.5 Å². The molecule has 2 atom stereocenters. The number of aromatic nitrogens is 5. The summed E-state index contributed by atoms with van der Waals surface area (Å²) in [6.45, 7) is 2.71. The average molecular weight is 585 g/mol. The highest BCUT2D eigenvalue weighted by molar-refractivity contribution is 6.04. The Morgan fingerprint density at radius 1 is 1.02 bits per heavy atom. The Kier molecular flexibility index (Phi) is 6.78. The summed E-state index contributed by atoms with van der Waals surface area (Å²) in [5, 5.41) is 18.2. The van der Waals surface area contributed by atoms with Gasteiger partial charge in [-0.2, -0.15) is 14.9 Å². The number of H-pyrrole nitrogens is 1. The number of halogens is 2. The summed E-state index contributed by atoms with van der Waals surface area (Å²) in [5.41, 5.74) is 0.0188. The van der Waals surface area contributed by atoms with Gasteiger partial charge in [-0.25, -0.2) is 13.8 Å². The molecule has 0 aliphatic carbocycles. The molecule has 218 valence electrons. The number of benzene rings is 2. The van der Waals surface area contributed by atoms with Crippen LogP contribution in [0.5, 0.6) is 11.5 Å². The van der Waals surface area contributed by atoms with Crippen molar-refractivity contribution in [3.05, 3.63) is 94.5 Å². The van der Waals surface area contributed by atoms with Gasteiger partial charge in [-0.15, -0.1) is 0 Å². The van der Waals surface area contributed by atoms with Crippen molar-refractivity contribution in [3.8, 4) is 17.2 Å². The molecule has 2 saturated heterocycles. The number of amides is 1. The molecule has 1 amide bonds. The SMILES string of the molecule is O=C(Nc1ccc(Oc2ccnc3[nH]nc(N4CC[C@@H]5NCC[C@@H]5C4)c23)c(F)c1)c1ccnn(-c2ccc(F)cc2)c1=O. The highest BCUT2D eigenvalue weighted by Gasteiger charge is 2.34. The Morgan fingerprint density at radius 2 is 1.88 bits per heavy atom. The lowest BCUT2D eigenvalue weighted by Crippen LogP contribution is -2.44. The highest BCUT2D eigenvalue weighted by atomic mass is 19.1. The molecule has 0 spiro atoms. The van der Waals surface area contributed by atoms with E-state index in [9.17, 15) is 14.0 Å². The number of pyridine rings is 1. The maximum Gasteiger partial charge on any atom is 0.284 e. The number of nitrogens with one attached hydrogen (secondary N) is 3.